The molecule has 0 fully saturated rings. The van der Waals surface area contributed by atoms with Gasteiger partial charge in [-0.1, -0.05) is 0 Å². The van der Waals surface area contributed by atoms with Gasteiger partial charge in [0.05, 0.1) is 0 Å². The smallest absolute Gasteiger partial charge is 0.183 e. The lowest BCUT2D eigenvalue weighted by Crippen LogP contribution is -1.95. The van der Waals surface area contributed by atoms with Crippen LogP contribution in [0, 0.1) is 13.8 Å². The molecule has 104 valence electrons. The number of aryl methyl sites for hydroxylation is 2. The second-order valence-electron chi connectivity index (χ2n) is 4.91. The number of thiophene rings is 1. The summed E-state index contributed by atoms with van der Waals surface area (Å²) in [6.45, 7) is 4.03. The number of hydrogen-bond donors (Lipinski definition) is 0. The van der Waals surface area contributed by atoms with Crippen LogP contribution in [0.3, 0.4) is 0 Å². The van der Waals surface area contributed by atoms with Crippen molar-refractivity contribution in [2.24, 2.45) is 0 Å². The normalized spacial score (nSPS) is 11.3. The molecule has 21 heavy (non-hydrogen) atoms. The van der Waals surface area contributed by atoms with Gasteiger partial charge in [0.15, 0.2) is 17.2 Å². The SMILES string of the molecule is Cc1ccc(-c2nc3cccnc3n2-c2ccc(C)s2)o1. The first-order chi connectivity index (χ1) is 10.2. The predicted octanol–water partition coefficient (Wildman–Crippen LogP) is 4.36. The molecule has 0 aromatic carbocycles. The van der Waals surface area contributed by atoms with E-state index >= 15 is 0 Å². The van der Waals surface area contributed by atoms with Gasteiger partial charge in [0.25, 0.3) is 0 Å². The lowest BCUT2D eigenvalue weighted by Gasteiger charge is -2.03. The van der Waals surface area contributed by atoms with E-state index in [4.69, 9.17) is 9.40 Å². The van der Waals surface area contributed by atoms with Crippen LogP contribution in [0.4, 0.5) is 0 Å². The van der Waals surface area contributed by atoms with Crippen LogP contribution in [0.25, 0.3) is 27.7 Å². The Bertz CT molecular complexity index is 932. The van der Waals surface area contributed by atoms with Crippen molar-refractivity contribution in [2.45, 2.75) is 13.8 Å². The van der Waals surface area contributed by atoms with E-state index in [1.165, 1.54) is 4.88 Å². The molecule has 4 nitrogen and oxygen atoms in total. The molecule has 0 aliphatic rings. The maximum atomic E-state index is 5.76. The number of aromatic nitrogens is 3. The molecule has 0 N–H and O–H groups in total. The van der Waals surface area contributed by atoms with Gasteiger partial charge in [-0.15, -0.1) is 11.3 Å². The summed E-state index contributed by atoms with van der Waals surface area (Å²) in [5, 5.41) is 1.10. The average molecular weight is 295 g/mol. The molecule has 0 saturated heterocycles. The van der Waals surface area contributed by atoms with Gasteiger partial charge in [-0.2, -0.15) is 0 Å². The molecule has 0 spiro atoms. The summed E-state index contributed by atoms with van der Waals surface area (Å²) in [6.07, 6.45) is 1.79. The fraction of sp³-hybridized carbons (Fsp3) is 0.125. The maximum Gasteiger partial charge on any atom is 0.183 e. The van der Waals surface area contributed by atoms with Gasteiger partial charge in [-0.25, -0.2) is 9.97 Å². The van der Waals surface area contributed by atoms with E-state index in [0.29, 0.717) is 0 Å². The second-order valence-corrected chi connectivity index (χ2v) is 6.18. The molecule has 4 aromatic rings. The van der Waals surface area contributed by atoms with Gasteiger partial charge in [0.1, 0.15) is 16.3 Å². The highest BCUT2D eigenvalue weighted by Crippen LogP contribution is 2.31. The van der Waals surface area contributed by atoms with E-state index in [1.807, 2.05) is 31.2 Å². The number of hydrogen-bond acceptors (Lipinski definition) is 4. The van der Waals surface area contributed by atoms with Crippen molar-refractivity contribution in [3.8, 4) is 16.6 Å². The number of nitrogens with zero attached hydrogens (tertiary/aromatic N) is 3. The minimum absolute atomic E-state index is 0.761. The highest BCUT2D eigenvalue weighted by molar-refractivity contribution is 7.14. The Morgan fingerprint density at radius 1 is 1.10 bits per heavy atom. The topological polar surface area (TPSA) is 43.9 Å². The molecule has 0 atom stereocenters. The summed E-state index contributed by atoms with van der Waals surface area (Å²) in [5.74, 6) is 2.43. The fourth-order valence-corrected chi connectivity index (χ4v) is 3.25. The molecule has 4 aromatic heterocycles. The van der Waals surface area contributed by atoms with Gasteiger partial charge in [-0.05, 0) is 50.2 Å². The third-order valence-corrected chi connectivity index (χ3v) is 4.31. The molecule has 0 amide bonds. The van der Waals surface area contributed by atoms with Crippen molar-refractivity contribution in [1.82, 2.24) is 14.5 Å². The molecule has 0 bridgehead atoms. The van der Waals surface area contributed by atoms with E-state index in [1.54, 1.807) is 17.5 Å². The number of imidazole rings is 1. The van der Waals surface area contributed by atoms with Crippen molar-refractivity contribution < 1.29 is 4.42 Å². The predicted molar refractivity (Wildman–Crippen MR) is 83.9 cm³/mol. The summed E-state index contributed by atoms with van der Waals surface area (Å²) < 4.78 is 7.82. The molecule has 4 rings (SSSR count). The van der Waals surface area contributed by atoms with Crippen molar-refractivity contribution >= 4 is 22.5 Å². The Morgan fingerprint density at radius 3 is 2.71 bits per heavy atom. The Balaban J connectivity index is 2.06. The van der Waals surface area contributed by atoms with Crippen molar-refractivity contribution in [3.05, 3.63) is 53.2 Å². The minimum Gasteiger partial charge on any atom is -0.458 e. The van der Waals surface area contributed by atoms with Crippen LogP contribution in [0.2, 0.25) is 0 Å². The van der Waals surface area contributed by atoms with E-state index in [-0.39, 0.29) is 0 Å². The summed E-state index contributed by atoms with van der Waals surface area (Å²) in [6, 6.07) is 12.0. The highest BCUT2D eigenvalue weighted by atomic mass is 32.1. The van der Waals surface area contributed by atoms with Gasteiger partial charge in [-0.3, -0.25) is 4.57 Å². The van der Waals surface area contributed by atoms with Crippen LogP contribution < -0.4 is 0 Å². The van der Waals surface area contributed by atoms with Crippen molar-refractivity contribution in [2.75, 3.05) is 0 Å². The maximum absolute atomic E-state index is 5.76. The standard InChI is InChI=1S/C16H13N3OS/c1-10-5-7-13(20-10)16-18-12-4-3-9-17-15(12)19(16)14-8-6-11(2)21-14/h3-9H,1-2H3. The van der Waals surface area contributed by atoms with E-state index in [0.717, 1.165) is 33.5 Å². The van der Waals surface area contributed by atoms with Crippen LogP contribution in [-0.4, -0.2) is 14.5 Å². The molecule has 0 aliphatic carbocycles. The van der Waals surface area contributed by atoms with Crippen molar-refractivity contribution in [1.29, 1.82) is 0 Å². The Kier molecular flexibility index (Phi) is 2.68. The van der Waals surface area contributed by atoms with Gasteiger partial charge < -0.3 is 4.42 Å². The quantitative estimate of drug-likeness (QED) is 0.552. The number of furan rings is 1. The first kappa shape index (κ1) is 12.3. The molecular weight excluding hydrogens is 282 g/mol. The summed E-state index contributed by atoms with van der Waals surface area (Å²) in [7, 11) is 0. The summed E-state index contributed by atoms with van der Waals surface area (Å²) >= 11 is 1.72. The van der Waals surface area contributed by atoms with Crippen LogP contribution in [-0.2, 0) is 0 Å². The Morgan fingerprint density at radius 2 is 2.00 bits per heavy atom. The fourth-order valence-electron chi connectivity index (χ4n) is 2.38. The van der Waals surface area contributed by atoms with E-state index in [9.17, 15) is 0 Å². The van der Waals surface area contributed by atoms with Gasteiger partial charge >= 0.3 is 0 Å². The lowest BCUT2D eigenvalue weighted by molar-refractivity contribution is 0.543. The molecular formula is C16H13N3OS. The Hall–Kier alpha value is -2.40. The second kappa shape index (κ2) is 4.56. The first-order valence-electron chi connectivity index (χ1n) is 6.69. The van der Waals surface area contributed by atoms with Crippen molar-refractivity contribution in [3.63, 3.8) is 0 Å². The monoisotopic (exact) mass is 295 g/mol. The molecule has 0 aliphatic heterocycles. The first-order valence-corrected chi connectivity index (χ1v) is 7.51. The van der Waals surface area contributed by atoms with Crippen LogP contribution >= 0.6 is 11.3 Å². The Labute approximate surface area is 125 Å². The van der Waals surface area contributed by atoms with Gasteiger partial charge in [0, 0.05) is 11.1 Å². The highest BCUT2D eigenvalue weighted by Gasteiger charge is 2.18. The largest absolute Gasteiger partial charge is 0.458 e. The average Bonchev–Trinajstić information content (AvgIpc) is 3.16. The zero-order valence-electron chi connectivity index (χ0n) is 11.7. The van der Waals surface area contributed by atoms with Crippen LogP contribution in [0.5, 0.6) is 0 Å². The lowest BCUT2D eigenvalue weighted by atomic mass is 10.4. The molecule has 4 heterocycles. The van der Waals surface area contributed by atoms with Crippen LogP contribution in [0.1, 0.15) is 10.6 Å². The van der Waals surface area contributed by atoms with Gasteiger partial charge in [0.2, 0.25) is 0 Å². The number of fused-ring (bicyclic) bond motifs is 1. The molecule has 0 radical (unpaired) electrons. The summed E-state index contributed by atoms with van der Waals surface area (Å²) in [4.78, 5) is 10.4. The van der Waals surface area contributed by atoms with E-state index < -0.39 is 0 Å². The number of rotatable bonds is 2. The molecule has 0 unspecified atom stereocenters. The molecule has 5 heteroatoms. The zero-order valence-corrected chi connectivity index (χ0v) is 12.5. The minimum atomic E-state index is 0.761. The van der Waals surface area contributed by atoms with E-state index in [2.05, 4.69) is 28.6 Å². The van der Waals surface area contributed by atoms with Crippen LogP contribution in [0.15, 0.2) is 47.0 Å². The zero-order chi connectivity index (χ0) is 14.4. The molecule has 0 saturated carbocycles. The third-order valence-electron chi connectivity index (χ3n) is 3.32. The number of pyridine rings is 1. The summed E-state index contributed by atoms with van der Waals surface area (Å²) in [5.41, 5.74) is 1.72. The third kappa shape index (κ3) is 1.97.